The summed E-state index contributed by atoms with van der Waals surface area (Å²) in [5.41, 5.74) is 6.54. The Morgan fingerprint density at radius 2 is 1.67 bits per heavy atom. The minimum Gasteiger partial charge on any atom is -0.352 e. The van der Waals surface area contributed by atoms with Crippen molar-refractivity contribution in [1.82, 2.24) is 25.4 Å². The number of rotatable bonds is 5. The Balaban J connectivity index is 1.46. The molecule has 4 rings (SSSR count). The average molecular weight is 399 g/mol. The fraction of sp³-hybridized carbons (Fsp3) is 0.208. The molecule has 0 aliphatic carbocycles. The highest BCUT2D eigenvalue weighted by Gasteiger charge is 2.09. The van der Waals surface area contributed by atoms with E-state index in [1.54, 1.807) is 7.05 Å². The van der Waals surface area contributed by atoms with E-state index in [-0.39, 0.29) is 0 Å². The Morgan fingerprint density at radius 1 is 0.933 bits per heavy atom. The van der Waals surface area contributed by atoms with E-state index < -0.39 is 0 Å². The van der Waals surface area contributed by atoms with E-state index >= 15 is 0 Å². The molecule has 2 aromatic carbocycles. The molecule has 6 heteroatoms. The van der Waals surface area contributed by atoms with E-state index in [9.17, 15) is 0 Å². The number of fused-ring (bicyclic) bond motifs is 1. The van der Waals surface area contributed by atoms with Crippen molar-refractivity contribution in [2.24, 2.45) is 4.99 Å². The zero-order chi connectivity index (χ0) is 20.9. The van der Waals surface area contributed by atoms with Crippen molar-refractivity contribution in [2.75, 3.05) is 7.05 Å². The van der Waals surface area contributed by atoms with E-state index in [0.29, 0.717) is 13.1 Å². The highest BCUT2D eigenvalue weighted by Crippen LogP contribution is 2.17. The second-order valence-electron chi connectivity index (χ2n) is 7.23. The number of aromatic nitrogens is 3. The molecule has 0 unspecified atom stereocenters. The van der Waals surface area contributed by atoms with Crippen molar-refractivity contribution >= 4 is 16.9 Å². The first-order valence-electron chi connectivity index (χ1n) is 10.0. The number of guanidine groups is 1. The molecule has 0 radical (unpaired) electrons. The Morgan fingerprint density at radius 3 is 2.43 bits per heavy atom. The molecule has 4 aromatic rings. The monoisotopic (exact) mass is 398 g/mol. The molecule has 0 atom stereocenters. The number of aryl methyl sites for hydroxylation is 2. The zero-order valence-electron chi connectivity index (χ0n) is 17.6. The molecule has 0 aliphatic heterocycles. The topological polar surface area (TPSA) is 67.1 Å². The van der Waals surface area contributed by atoms with E-state index in [1.807, 2.05) is 54.2 Å². The van der Waals surface area contributed by atoms with Gasteiger partial charge in [0.25, 0.3) is 0 Å². The normalized spacial score (nSPS) is 11.6. The number of nitrogens with one attached hydrogen (secondary N) is 2. The zero-order valence-corrected chi connectivity index (χ0v) is 17.6. The van der Waals surface area contributed by atoms with Gasteiger partial charge in [-0.15, -0.1) is 0 Å². The van der Waals surface area contributed by atoms with Gasteiger partial charge in [-0.3, -0.25) is 9.98 Å². The fourth-order valence-corrected chi connectivity index (χ4v) is 3.63. The summed E-state index contributed by atoms with van der Waals surface area (Å²) in [6, 6.07) is 20.6. The quantitative estimate of drug-likeness (QED) is 0.395. The van der Waals surface area contributed by atoms with Gasteiger partial charge in [0.1, 0.15) is 0 Å². The van der Waals surface area contributed by atoms with Crippen LogP contribution in [0.1, 0.15) is 22.5 Å². The number of nitrogens with zero attached hydrogens (tertiary/aromatic N) is 4. The van der Waals surface area contributed by atoms with E-state index in [0.717, 1.165) is 39.5 Å². The molecule has 0 saturated carbocycles. The Hall–Kier alpha value is -3.67. The van der Waals surface area contributed by atoms with Gasteiger partial charge in [0.15, 0.2) is 5.96 Å². The predicted molar refractivity (Wildman–Crippen MR) is 122 cm³/mol. The molecule has 152 valence electrons. The van der Waals surface area contributed by atoms with E-state index in [2.05, 4.69) is 56.9 Å². The number of para-hydroxylation sites is 2. The molecular formula is C24H26N6. The van der Waals surface area contributed by atoms with E-state index in [1.165, 1.54) is 5.56 Å². The second-order valence-corrected chi connectivity index (χ2v) is 7.23. The van der Waals surface area contributed by atoms with Crippen molar-refractivity contribution in [1.29, 1.82) is 0 Å². The van der Waals surface area contributed by atoms with Gasteiger partial charge < -0.3 is 10.6 Å². The third-order valence-electron chi connectivity index (χ3n) is 5.08. The lowest BCUT2D eigenvalue weighted by molar-refractivity contribution is 0.782. The molecular weight excluding hydrogens is 372 g/mol. The largest absolute Gasteiger partial charge is 0.352 e. The first-order chi connectivity index (χ1) is 14.7. The highest BCUT2D eigenvalue weighted by atomic mass is 15.3. The van der Waals surface area contributed by atoms with Crippen LogP contribution < -0.4 is 10.6 Å². The summed E-state index contributed by atoms with van der Waals surface area (Å²) in [4.78, 5) is 8.81. The Labute approximate surface area is 176 Å². The van der Waals surface area contributed by atoms with Gasteiger partial charge in [0.05, 0.1) is 16.9 Å². The molecule has 2 N–H and O–H groups in total. The maximum absolute atomic E-state index is 4.63. The van der Waals surface area contributed by atoms with Crippen LogP contribution in [0.25, 0.3) is 16.6 Å². The van der Waals surface area contributed by atoms with Gasteiger partial charge in [-0.2, -0.15) is 5.10 Å². The second kappa shape index (κ2) is 8.78. The lowest BCUT2D eigenvalue weighted by atomic mass is 10.1. The number of aliphatic imine (C=N–C) groups is 1. The van der Waals surface area contributed by atoms with Gasteiger partial charge in [-0.25, -0.2) is 4.68 Å². The van der Waals surface area contributed by atoms with Crippen LogP contribution in [0.2, 0.25) is 0 Å². The molecule has 2 heterocycles. The van der Waals surface area contributed by atoms with Crippen LogP contribution in [-0.2, 0) is 13.1 Å². The summed E-state index contributed by atoms with van der Waals surface area (Å²) < 4.78 is 1.99. The molecule has 30 heavy (non-hydrogen) atoms. The molecule has 6 nitrogen and oxygen atoms in total. The Kier molecular flexibility index (Phi) is 5.75. The lowest BCUT2D eigenvalue weighted by Crippen LogP contribution is -2.36. The summed E-state index contributed by atoms with van der Waals surface area (Å²) in [6.45, 7) is 5.40. The van der Waals surface area contributed by atoms with Gasteiger partial charge >= 0.3 is 0 Å². The molecule has 0 saturated heterocycles. The van der Waals surface area contributed by atoms with Crippen LogP contribution in [0, 0.1) is 13.8 Å². The van der Waals surface area contributed by atoms with Crippen LogP contribution >= 0.6 is 0 Å². The third kappa shape index (κ3) is 4.17. The van der Waals surface area contributed by atoms with Crippen LogP contribution in [0.4, 0.5) is 0 Å². The maximum atomic E-state index is 4.63. The first-order valence-corrected chi connectivity index (χ1v) is 10.0. The van der Waals surface area contributed by atoms with Gasteiger partial charge in [0.2, 0.25) is 0 Å². The summed E-state index contributed by atoms with van der Waals surface area (Å²) in [5.74, 6) is 0.749. The summed E-state index contributed by atoms with van der Waals surface area (Å²) >= 11 is 0. The SMILES string of the molecule is CN=C(NCc1ccccc1-n1nc(C)cc1C)NCc1ccnc2ccccc12. The van der Waals surface area contributed by atoms with Gasteiger partial charge in [-0.1, -0.05) is 36.4 Å². The van der Waals surface area contributed by atoms with Gasteiger partial charge in [-0.05, 0) is 49.2 Å². The van der Waals surface area contributed by atoms with Gasteiger partial charge in [0, 0.05) is 37.4 Å². The fourth-order valence-electron chi connectivity index (χ4n) is 3.63. The molecule has 2 aromatic heterocycles. The standard InChI is InChI=1S/C24H26N6/c1-17-14-18(2)30(29-17)23-11-7-4-8-20(23)16-28-24(25-3)27-15-19-12-13-26-22-10-6-5-9-21(19)22/h4-14H,15-16H2,1-3H3,(H2,25,27,28). The third-order valence-corrected chi connectivity index (χ3v) is 5.08. The molecule has 0 fully saturated rings. The summed E-state index contributed by atoms with van der Waals surface area (Å²) in [6.07, 6.45) is 1.85. The summed E-state index contributed by atoms with van der Waals surface area (Å²) in [5, 5.41) is 12.6. The minimum absolute atomic E-state index is 0.644. The molecule has 0 aliphatic rings. The minimum atomic E-state index is 0.644. The predicted octanol–water partition coefficient (Wildman–Crippen LogP) is 3.90. The van der Waals surface area contributed by atoms with Crippen LogP contribution in [0.15, 0.2) is 71.9 Å². The maximum Gasteiger partial charge on any atom is 0.191 e. The van der Waals surface area contributed by atoms with Crippen molar-refractivity contribution in [3.8, 4) is 5.69 Å². The average Bonchev–Trinajstić information content (AvgIpc) is 3.11. The van der Waals surface area contributed by atoms with Crippen molar-refractivity contribution in [2.45, 2.75) is 26.9 Å². The lowest BCUT2D eigenvalue weighted by Gasteiger charge is -2.15. The molecule has 0 bridgehead atoms. The smallest absolute Gasteiger partial charge is 0.191 e. The van der Waals surface area contributed by atoms with Crippen molar-refractivity contribution < 1.29 is 0 Å². The van der Waals surface area contributed by atoms with Crippen LogP contribution in [0.5, 0.6) is 0 Å². The molecule has 0 amide bonds. The van der Waals surface area contributed by atoms with Crippen molar-refractivity contribution in [3.63, 3.8) is 0 Å². The Bertz CT molecular complexity index is 1190. The molecule has 0 spiro atoms. The van der Waals surface area contributed by atoms with Crippen LogP contribution in [-0.4, -0.2) is 27.8 Å². The van der Waals surface area contributed by atoms with Crippen LogP contribution in [0.3, 0.4) is 0 Å². The number of benzene rings is 2. The number of pyridine rings is 1. The first kappa shape index (κ1) is 19.6. The van der Waals surface area contributed by atoms with Crippen molar-refractivity contribution in [3.05, 3.63) is 89.4 Å². The number of hydrogen-bond acceptors (Lipinski definition) is 3. The number of hydrogen-bond donors (Lipinski definition) is 2. The highest BCUT2D eigenvalue weighted by molar-refractivity contribution is 5.83. The van der Waals surface area contributed by atoms with E-state index in [4.69, 9.17) is 0 Å². The summed E-state index contributed by atoms with van der Waals surface area (Å²) in [7, 11) is 1.78.